The fourth-order valence-electron chi connectivity index (χ4n) is 1.84. The number of para-hydroxylation sites is 1. The maximum Gasteiger partial charge on any atom is 0.131 e. The van der Waals surface area contributed by atoms with Crippen LogP contribution in [0.5, 0.6) is 5.75 Å². The number of nitrogens with zero attached hydrogens (tertiary/aromatic N) is 2. The number of anilines is 1. The van der Waals surface area contributed by atoms with Crippen LogP contribution in [0.4, 0.5) is 5.69 Å². The molecule has 19 heavy (non-hydrogen) atoms. The number of aromatic nitrogens is 2. The number of nitrogens with two attached hydrogens (primary N) is 1. The largest absolute Gasteiger partial charge is 0.493 e. The summed E-state index contributed by atoms with van der Waals surface area (Å²) in [6.45, 7) is 4.88. The van der Waals surface area contributed by atoms with Crippen LogP contribution in [0.25, 0.3) is 0 Å². The van der Waals surface area contributed by atoms with Crippen molar-refractivity contribution < 1.29 is 4.74 Å². The summed E-state index contributed by atoms with van der Waals surface area (Å²) in [5, 5.41) is 0. The highest BCUT2D eigenvalue weighted by molar-refractivity contribution is 5.35. The minimum absolute atomic E-state index is 0.448. The van der Waals surface area contributed by atoms with Crippen LogP contribution in [0.15, 0.2) is 36.7 Å². The zero-order chi connectivity index (χ0) is 13.7. The third-order valence-electron chi connectivity index (χ3n) is 2.85. The van der Waals surface area contributed by atoms with E-state index in [0.717, 1.165) is 11.6 Å². The molecule has 2 aromatic rings. The zero-order valence-electron chi connectivity index (χ0n) is 11.3. The summed E-state index contributed by atoms with van der Waals surface area (Å²) in [4.78, 5) is 8.30. The molecule has 0 atom stereocenters. The third kappa shape index (κ3) is 3.68. The fraction of sp³-hybridized carbons (Fsp3) is 0.333. The van der Waals surface area contributed by atoms with Gasteiger partial charge in [0.2, 0.25) is 0 Å². The lowest BCUT2D eigenvalue weighted by molar-refractivity contribution is 0.314. The smallest absolute Gasteiger partial charge is 0.131 e. The van der Waals surface area contributed by atoms with Gasteiger partial charge in [0.25, 0.3) is 0 Å². The molecule has 1 aromatic carbocycles. The molecule has 2 N–H and O–H groups in total. The van der Waals surface area contributed by atoms with Crippen molar-refractivity contribution >= 4 is 5.69 Å². The molecule has 4 heteroatoms. The van der Waals surface area contributed by atoms with Gasteiger partial charge < -0.3 is 10.5 Å². The first-order valence-electron chi connectivity index (χ1n) is 6.45. The van der Waals surface area contributed by atoms with Gasteiger partial charge in [-0.1, -0.05) is 32.0 Å². The summed E-state index contributed by atoms with van der Waals surface area (Å²) in [5.41, 5.74) is 7.34. The maximum absolute atomic E-state index is 5.82. The summed E-state index contributed by atoms with van der Waals surface area (Å²) in [6.07, 6.45) is 3.90. The Balaban J connectivity index is 1.94. The van der Waals surface area contributed by atoms with Crippen molar-refractivity contribution in [2.24, 2.45) is 0 Å². The molecule has 4 nitrogen and oxygen atoms in total. The minimum Gasteiger partial charge on any atom is -0.493 e. The lowest BCUT2D eigenvalue weighted by Crippen LogP contribution is -2.06. The molecule has 1 aromatic heterocycles. The van der Waals surface area contributed by atoms with Gasteiger partial charge in [-0.3, -0.25) is 0 Å². The van der Waals surface area contributed by atoms with Gasteiger partial charge >= 0.3 is 0 Å². The van der Waals surface area contributed by atoms with E-state index in [0.29, 0.717) is 24.6 Å². The summed E-state index contributed by atoms with van der Waals surface area (Å²) < 4.78 is 5.82. The molecule has 0 fully saturated rings. The quantitative estimate of drug-likeness (QED) is 0.894. The van der Waals surface area contributed by atoms with E-state index in [1.807, 2.05) is 18.2 Å². The average Bonchev–Trinajstić information content (AvgIpc) is 2.41. The van der Waals surface area contributed by atoms with Gasteiger partial charge in [0.1, 0.15) is 11.6 Å². The van der Waals surface area contributed by atoms with E-state index in [2.05, 4.69) is 29.9 Å². The second kappa shape index (κ2) is 6.18. The fourth-order valence-corrected chi connectivity index (χ4v) is 1.84. The van der Waals surface area contributed by atoms with Crippen LogP contribution >= 0.6 is 0 Å². The molecule has 100 valence electrons. The lowest BCUT2D eigenvalue weighted by atomic mass is 10.0. The Kier molecular flexibility index (Phi) is 4.34. The molecule has 0 amide bonds. The van der Waals surface area contributed by atoms with Crippen LogP contribution in [-0.4, -0.2) is 16.6 Å². The zero-order valence-corrected chi connectivity index (χ0v) is 11.3. The van der Waals surface area contributed by atoms with Crippen molar-refractivity contribution in [3.05, 3.63) is 48.0 Å². The molecule has 1 heterocycles. The number of rotatable bonds is 5. The number of nitrogen functional groups attached to an aromatic ring is 1. The van der Waals surface area contributed by atoms with E-state index in [9.17, 15) is 0 Å². The SMILES string of the molecule is CC(C)c1ccccc1OCCc1ncc(N)cn1. The Morgan fingerprint density at radius 1 is 1.16 bits per heavy atom. The van der Waals surface area contributed by atoms with Gasteiger partial charge in [-0.25, -0.2) is 9.97 Å². The Hall–Kier alpha value is -2.10. The van der Waals surface area contributed by atoms with E-state index in [-0.39, 0.29) is 0 Å². The summed E-state index contributed by atoms with van der Waals surface area (Å²) in [7, 11) is 0. The number of hydrogen-bond acceptors (Lipinski definition) is 4. The predicted octanol–water partition coefficient (Wildman–Crippen LogP) is 2.80. The molecular weight excluding hydrogens is 238 g/mol. The highest BCUT2D eigenvalue weighted by Crippen LogP contribution is 2.25. The first-order chi connectivity index (χ1) is 9.16. The monoisotopic (exact) mass is 257 g/mol. The Labute approximate surface area is 113 Å². The van der Waals surface area contributed by atoms with Crippen molar-refractivity contribution in [1.82, 2.24) is 9.97 Å². The summed E-state index contributed by atoms with van der Waals surface area (Å²) >= 11 is 0. The van der Waals surface area contributed by atoms with E-state index < -0.39 is 0 Å². The van der Waals surface area contributed by atoms with Crippen molar-refractivity contribution in [3.8, 4) is 5.75 Å². The van der Waals surface area contributed by atoms with Crippen LogP contribution in [0.3, 0.4) is 0 Å². The normalized spacial score (nSPS) is 10.7. The molecule has 0 bridgehead atoms. The van der Waals surface area contributed by atoms with Crippen LogP contribution in [0.2, 0.25) is 0 Å². The molecule has 2 rings (SSSR count). The summed E-state index contributed by atoms with van der Waals surface area (Å²) in [6, 6.07) is 8.12. The molecule has 0 aliphatic rings. The average molecular weight is 257 g/mol. The molecule has 0 saturated heterocycles. The van der Waals surface area contributed by atoms with Gasteiger partial charge in [0.05, 0.1) is 24.7 Å². The first kappa shape index (κ1) is 13.3. The van der Waals surface area contributed by atoms with Crippen molar-refractivity contribution in [3.63, 3.8) is 0 Å². The minimum atomic E-state index is 0.448. The molecule has 0 aliphatic carbocycles. The molecule has 0 radical (unpaired) electrons. The molecule has 0 saturated carbocycles. The number of hydrogen-bond donors (Lipinski definition) is 1. The van der Waals surface area contributed by atoms with Crippen LogP contribution in [0, 0.1) is 0 Å². The van der Waals surface area contributed by atoms with Gasteiger partial charge in [-0.15, -0.1) is 0 Å². The third-order valence-corrected chi connectivity index (χ3v) is 2.85. The number of benzene rings is 1. The highest BCUT2D eigenvalue weighted by atomic mass is 16.5. The van der Waals surface area contributed by atoms with Gasteiger partial charge in [0, 0.05) is 6.42 Å². The molecule has 0 aliphatic heterocycles. The standard InChI is InChI=1S/C15H19N3O/c1-11(2)13-5-3-4-6-14(13)19-8-7-15-17-9-12(16)10-18-15/h3-6,9-11H,7-8,16H2,1-2H3. The van der Waals surface area contributed by atoms with Gasteiger partial charge in [0.15, 0.2) is 0 Å². The van der Waals surface area contributed by atoms with E-state index >= 15 is 0 Å². The highest BCUT2D eigenvalue weighted by Gasteiger charge is 2.06. The van der Waals surface area contributed by atoms with Crippen LogP contribution in [0.1, 0.15) is 31.2 Å². The van der Waals surface area contributed by atoms with E-state index in [1.54, 1.807) is 12.4 Å². The van der Waals surface area contributed by atoms with Gasteiger partial charge in [-0.2, -0.15) is 0 Å². The second-order valence-electron chi connectivity index (χ2n) is 4.72. The number of ether oxygens (including phenoxy) is 1. The van der Waals surface area contributed by atoms with Crippen molar-refractivity contribution in [1.29, 1.82) is 0 Å². The molecule has 0 spiro atoms. The van der Waals surface area contributed by atoms with Crippen molar-refractivity contribution in [2.45, 2.75) is 26.2 Å². The van der Waals surface area contributed by atoms with Crippen LogP contribution < -0.4 is 10.5 Å². The van der Waals surface area contributed by atoms with Gasteiger partial charge in [-0.05, 0) is 17.5 Å². The van der Waals surface area contributed by atoms with Crippen LogP contribution in [-0.2, 0) is 6.42 Å². The Morgan fingerprint density at radius 3 is 2.53 bits per heavy atom. The van der Waals surface area contributed by atoms with E-state index in [1.165, 1.54) is 5.56 Å². The van der Waals surface area contributed by atoms with Crippen molar-refractivity contribution in [2.75, 3.05) is 12.3 Å². The lowest BCUT2D eigenvalue weighted by Gasteiger charge is -2.13. The predicted molar refractivity (Wildman–Crippen MR) is 76.2 cm³/mol. The molecule has 0 unspecified atom stereocenters. The maximum atomic E-state index is 5.82. The Bertz CT molecular complexity index is 523. The summed E-state index contributed by atoms with van der Waals surface area (Å²) in [5.74, 6) is 2.13. The topological polar surface area (TPSA) is 61.0 Å². The second-order valence-corrected chi connectivity index (χ2v) is 4.72. The Morgan fingerprint density at radius 2 is 1.84 bits per heavy atom. The molecular formula is C15H19N3O. The first-order valence-corrected chi connectivity index (χ1v) is 6.45. The van der Waals surface area contributed by atoms with E-state index in [4.69, 9.17) is 10.5 Å².